The quantitative estimate of drug-likeness (QED) is 0.799. The van der Waals surface area contributed by atoms with Crippen LogP contribution in [0.1, 0.15) is 28.1 Å². The summed E-state index contributed by atoms with van der Waals surface area (Å²) in [4.78, 5) is 11.8. The Morgan fingerprint density at radius 3 is 2.95 bits per heavy atom. The molecular weight excluding hydrogens is 314 g/mol. The third-order valence-corrected chi connectivity index (χ3v) is 6.28. The van der Waals surface area contributed by atoms with E-state index in [9.17, 15) is 13.2 Å². The van der Waals surface area contributed by atoms with E-state index in [1.807, 2.05) is 0 Å². The second-order valence-electron chi connectivity index (χ2n) is 4.98. The number of ether oxygens (including phenoxy) is 2. The van der Waals surface area contributed by atoms with Crippen LogP contribution in [0.5, 0.6) is 0 Å². The van der Waals surface area contributed by atoms with Crippen LogP contribution in [0.15, 0.2) is 10.3 Å². The normalized spacial score (nSPS) is 18.9. The van der Waals surface area contributed by atoms with Gasteiger partial charge in [0.05, 0.1) is 7.11 Å². The van der Waals surface area contributed by atoms with E-state index in [1.165, 1.54) is 7.11 Å². The van der Waals surface area contributed by atoms with Crippen molar-refractivity contribution in [2.24, 2.45) is 5.92 Å². The van der Waals surface area contributed by atoms with Gasteiger partial charge in [-0.1, -0.05) is 0 Å². The summed E-state index contributed by atoms with van der Waals surface area (Å²) >= 11 is 1.08. The van der Waals surface area contributed by atoms with Gasteiger partial charge in [0.15, 0.2) is 0 Å². The molecule has 0 radical (unpaired) electrons. The lowest BCUT2D eigenvalue weighted by Crippen LogP contribution is -2.27. The SMILES string of the molecule is COC(=O)c1scc(C)c1S(=O)(=O)NCCC1CCOC1. The maximum atomic E-state index is 12.4. The van der Waals surface area contributed by atoms with Crippen molar-refractivity contribution in [1.82, 2.24) is 4.72 Å². The first-order valence-electron chi connectivity index (χ1n) is 6.69. The lowest BCUT2D eigenvalue weighted by atomic mass is 10.1. The molecule has 0 bridgehead atoms. The van der Waals surface area contributed by atoms with Crippen molar-refractivity contribution in [3.05, 3.63) is 15.8 Å². The highest BCUT2D eigenvalue weighted by atomic mass is 32.2. The lowest BCUT2D eigenvalue weighted by molar-refractivity contribution is 0.0602. The fourth-order valence-electron chi connectivity index (χ4n) is 2.28. The Morgan fingerprint density at radius 2 is 2.33 bits per heavy atom. The highest BCUT2D eigenvalue weighted by Crippen LogP contribution is 2.27. The fourth-order valence-corrected chi connectivity index (χ4v) is 5.03. The van der Waals surface area contributed by atoms with Crippen molar-refractivity contribution in [3.8, 4) is 0 Å². The second-order valence-corrected chi connectivity index (χ2v) is 7.57. The van der Waals surface area contributed by atoms with E-state index < -0.39 is 16.0 Å². The van der Waals surface area contributed by atoms with Gasteiger partial charge in [-0.15, -0.1) is 11.3 Å². The molecule has 1 aromatic rings. The molecule has 0 spiro atoms. The van der Waals surface area contributed by atoms with Crippen LogP contribution < -0.4 is 4.72 Å². The van der Waals surface area contributed by atoms with Crippen molar-refractivity contribution in [3.63, 3.8) is 0 Å². The van der Waals surface area contributed by atoms with Gasteiger partial charge < -0.3 is 9.47 Å². The number of carbonyl (C=O) groups is 1. The highest BCUT2D eigenvalue weighted by molar-refractivity contribution is 7.89. The molecule has 0 aliphatic carbocycles. The third kappa shape index (κ3) is 3.82. The number of aryl methyl sites for hydroxylation is 1. The molecule has 21 heavy (non-hydrogen) atoms. The number of hydrogen-bond acceptors (Lipinski definition) is 6. The maximum Gasteiger partial charge on any atom is 0.349 e. The van der Waals surface area contributed by atoms with E-state index in [2.05, 4.69) is 9.46 Å². The average molecular weight is 333 g/mol. The van der Waals surface area contributed by atoms with Crippen LogP contribution in [-0.4, -0.2) is 41.3 Å². The Kier molecular flexibility index (Phi) is 5.37. The Morgan fingerprint density at radius 1 is 1.57 bits per heavy atom. The van der Waals surface area contributed by atoms with E-state index in [1.54, 1.807) is 12.3 Å². The van der Waals surface area contributed by atoms with Crippen molar-refractivity contribution < 1.29 is 22.7 Å². The van der Waals surface area contributed by atoms with Gasteiger partial charge in [-0.3, -0.25) is 0 Å². The number of thiophene rings is 1. The van der Waals surface area contributed by atoms with Gasteiger partial charge in [-0.25, -0.2) is 17.9 Å². The van der Waals surface area contributed by atoms with E-state index in [4.69, 9.17) is 4.74 Å². The predicted molar refractivity (Wildman–Crippen MR) is 79.1 cm³/mol. The number of hydrogen-bond donors (Lipinski definition) is 1. The molecule has 0 amide bonds. The molecule has 118 valence electrons. The van der Waals surface area contributed by atoms with Crippen LogP contribution in [0, 0.1) is 12.8 Å². The lowest BCUT2D eigenvalue weighted by Gasteiger charge is -2.10. The van der Waals surface area contributed by atoms with Crippen LogP contribution in [0.4, 0.5) is 0 Å². The standard InChI is InChI=1S/C13H19NO5S2/c1-9-8-20-11(13(15)18-2)12(9)21(16,17)14-5-3-10-4-6-19-7-10/h8,10,14H,3-7H2,1-2H3. The fraction of sp³-hybridized carbons (Fsp3) is 0.615. The van der Waals surface area contributed by atoms with Crippen LogP contribution in [0.25, 0.3) is 0 Å². The third-order valence-electron chi connectivity index (χ3n) is 3.43. The van der Waals surface area contributed by atoms with E-state index in [-0.39, 0.29) is 9.77 Å². The zero-order valence-electron chi connectivity index (χ0n) is 12.0. The summed E-state index contributed by atoms with van der Waals surface area (Å²) in [6.45, 7) is 3.44. The predicted octanol–water partition coefficient (Wildman–Crippen LogP) is 1.55. The highest BCUT2D eigenvalue weighted by Gasteiger charge is 2.27. The summed E-state index contributed by atoms with van der Waals surface area (Å²) in [5.74, 6) is -0.228. The number of methoxy groups -OCH3 is 1. The summed E-state index contributed by atoms with van der Waals surface area (Å²) in [5, 5.41) is 1.64. The first-order valence-corrected chi connectivity index (χ1v) is 9.06. The molecule has 2 rings (SSSR count). The molecular formula is C13H19NO5S2. The van der Waals surface area contributed by atoms with Crippen LogP contribution >= 0.6 is 11.3 Å². The Balaban J connectivity index is 2.08. The molecule has 1 unspecified atom stereocenters. The van der Waals surface area contributed by atoms with Gasteiger partial charge in [0.2, 0.25) is 10.0 Å². The monoisotopic (exact) mass is 333 g/mol. The smallest absolute Gasteiger partial charge is 0.349 e. The Bertz CT molecular complexity index is 602. The molecule has 1 atom stereocenters. The first kappa shape index (κ1) is 16.4. The molecule has 1 aliphatic rings. The zero-order valence-corrected chi connectivity index (χ0v) is 13.7. The number of sulfonamides is 1. The number of esters is 1. The second kappa shape index (κ2) is 6.87. The molecule has 8 heteroatoms. The summed E-state index contributed by atoms with van der Waals surface area (Å²) < 4.78 is 37.2. The Labute approximate surface area is 128 Å². The Hall–Kier alpha value is -0.960. The largest absolute Gasteiger partial charge is 0.465 e. The summed E-state index contributed by atoms with van der Waals surface area (Å²) in [5.41, 5.74) is 0.553. The van der Waals surface area contributed by atoms with Gasteiger partial charge in [0.25, 0.3) is 0 Å². The zero-order chi connectivity index (χ0) is 15.5. The molecule has 1 saturated heterocycles. The van der Waals surface area contributed by atoms with Crippen LogP contribution in [-0.2, 0) is 19.5 Å². The van der Waals surface area contributed by atoms with Gasteiger partial charge in [0, 0.05) is 19.8 Å². The molecule has 1 fully saturated rings. The van der Waals surface area contributed by atoms with Crippen LogP contribution in [0.2, 0.25) is 0 Å². The summed E-state index contributed by atoms with van der Waals surface area (Å²) in [7, 11) is -2.47. The van der Waals surface area contributed by atoms with E-state index in [0.29, 0.717) is 24.6 Å². The maximum absolute atomic E-state index is 12.4. The van der Waals surface area contributed by atoms with Crippen molar-refractivity contribution in [1.29, 1.82) is 0 Å². The number of rotatable bonds is 6. The van der Waals surface area contributed by atoms with Gasteiger partial charge in [-0.05, 0) is 36.6 Å². The summed E-state index contributed by atoms with van der Waals surface area (Å²) in [6.07, 6.45) is 1.70. The number of nitrogens with one attached hydrogen (secondary N) is 1. The van der Waals surface area contributed by atoms with E-state index in [0.717, 1.165) is 30.8 Å². The van der Waals surface area contributed by atoms with Crippen molar-refractivity contribution in [2.45, 2.75) is 24.7 Å². The molecule has 1 aromatic heterocycles. The van der Waals surface area contributed by atoms with Crippen molar-refractivity contribution in [2.75, 3.05) is 26.9 Å². The van der Waals surface area contributed by atoms with Crippen molar-refractivity contribution >= 4 is 27.3 Å². The minimum atomic E-state index is -3.71. The topological polar surface area (TPSA) is 81.7 Å². The average Bonchev–Trinajstić information content (AvgIpc) is 3.07. The first-order chi connectivity index (χ1) is 9.95. The molecule has 1 N–H and O–H groups in total. The molecule has 0 aromatic carbocycles. The van der Waals surface area contributed by atoms with Gasteiger partial charge in [0.1, 0.15) is 9.77 Å². The van der Waals surface area contributed by atoms with Gasteiger partial charge >= 0.3 is 5.97 Å². The molecule has 1 aliphatic heterocycles. The minimum Gasteiger partial charge on any atom is -0.465 e. The van der Waals surface area contributed by atoms with E-state index >= 15 is 0 Å². The number of carbonyl (C=O) groups excluding carboxylic acids is 1. The minimum absolute atomic E-state index is 0.0296. The molecule has 0 saturated carbocycles. The summed E-state index contributed by atoms with van der Waals surface area (Å²) in [6, 6.07) is 0. The molecule has 6 nitrogen and oxygen atoms in total. The molecule has 2 heterocycles. The van der Waals surface area contributed by atoms with Crippen LogP contribution in [0.3, 0.4) is 0 Å². The van der Waals surface area contributed by atoms with Gasteiger partial charge in [-0.2, -0.15) is 0 Å².